The lowest BCUT2D eigenvalue weighted by Gasteiger charge is -2.09. The molecule has 0 unspecified atom stereocenters. The van der Waals surface area contributed by atoms with Crippen LogP contribution < -0.4 is 10.5 Å². The Morgan fingerprint density at radius 2 is 2.20 bits per heavy atom. The molecule has 108 valence electrons. The average Bonchev–Trinajstić information content (AvgIpc) is 2.87. The van der Waals surface area contributed by atoms with Crippen molar-refractivity contribution in [1.82, 2.24) is 10.1 Å². The number of nitrogens with two attached hydrogens (primary N) is 1. The van der Waals surface area contributed by atoms with E-state index >= 15 is 0 Å². The Morgan fingerprint density at radius 1 is 1.40 bits per heavy atom. The molecule has 2 rings (SSSR count). The van der Waals surface area contributed by atoms with Crippen LogP contribution in [0.3, 0.4) is 0 Å². The SMILES string of the molecule is CC(C)c1noc(COc2ccc(Br)cc2CCN)n1. The van der Waals surface area contributed by atoms with Gasteiger partial charge in [-0.05, 0) is 36.7 Å². The number of benzene rings is 1. The van der Waals surface area contributed by atoms with E-state index in [0.29, 0.717) is 18.3 Å². The van der Waals surface area contributed by atoms with E-state index in [4.69, 9.17) is 15.0 Å². The zero-order valence-electron chi connectivity index (χ0n) is 11.6. The Kier molecular flexibility index (Phi) is 5.14. The summed E-state index contributed by atoms with van der Waals surface area (Å²) in [6, 6.07) is 5.85. The van der Waals surface area contributed by atoms with Crippen molar-refractivity contribution in [3.8, 4) is 5.75 Å². The fourth-order valence-corrected chi connectivity index (χ4v) is 2.15. The highest BCUT2D eigenvalue weighted by molar-refractivity contribution is 9.10. The van der Waals surface area contributed by atoms with Crippen molar-refractivity contribution in [2.45, 2.75) is 32.8 Å². The highest BCUT2D eigenvalue weighted by Crippen LogP contribution is 2.24. The fraction of sp³-hybridized carbons (Fsp3) is 0.429. The molecule has 0 atom stereocenters. The van der Waals surface area contributed by atoms with Crippen molar-refractivity contribution < 1.29 is 9.26 Å². The molecule has 1 heterocycles. The Morgan fingerprint density at radius 3 is 2.85 bits per heavy atom. The van der Waals surface area contributed by atoms with E-state index in [9.17, 15) is 0 Å². The molecule has 0 aliphatic carbocycles. The summed E-state index contributed by atoms with van der Waals surface area (Å²) in [6.07, 6.45) is 0.760. The smallest absolute Gasteiger partial charge is 0.264 e. The van der Waals surface area contributed by atoms with Crippen LogP contribution in [0.1, 0.15) is 37.0 Å². The van der Waals surface area contributed by atoms with E-state index < -0.39 is 0 Å². The standard InChI is InChI=1S/C14H18BrN3O2/c1-9(2)14-17-13(20-18-14)8-19-12-4-3-11(15)7-10(12)5-6-16/h3-4,7,9H,5-6,8,16H2,1-2H3. The maximum atomic E-state index is 5.75. The highest BCUT2D eigenvalue weighted by Gasteiger charge is 2.11. The zero-order valence-corrected chi connectivity index (χ0v) is 13.2. The van der Waals surface area contributed by atoms with Crippen molar-refractivity contribution in [2.24, 2.45) is 5.73 Å². The van der Waals surface area contributed by atoms with Crippen LogP contribution >= 0.6 is 15.9 Å². The van der Waals surface area contributed by atoms with Crippen LogP contribution in [-0.4, -0.2) is 16.7 Å². The maximum Gasteiger partial charge on any atom is 0.264 e. The molecule has 0 saturated carbocycles. The van der Waals surface area contributed by atoms with Crippen LogP contribution in [0.2, 0.25) is 0 Å². The number of halogens is 1. The number of ether oxygens (including phenoxy) is 1. The van der Waals surface area contributed by atoms with Gasteiger partial charge < -0.3 is 15.0 Å². The number of aromatic nitrogens is 2. The Balaban J connectivity index is 2.06. The summed E-state index contributed by atoms with van der Waals surface area (Å²) in [5.41, 5.74) is 6.67. The minimum absolute atomic E-state index is 0.244. The molecular formula is C14H18BrN3O2. The van der Waals surface area contributed by atoms with Gasteiger partial charge in [0.05, 0.1) is 0 Å². The average molecular weight is 340 g/mol. The molecular weight excluding hydrogens is 322 g/mol. The van der Waals surface area contributed by atoms with E-state index in [1.54, 1.807) is 0 Å². The van der Waals surface area contributed by atoms with E-state index in [0.717, 1.165) is 22.2 Å². The van der Waals surface area contributed by atoms with Crippen LogP contribution in [0.5, 0.6) is 5.75 Å². The van der Waals surface area contributed by atoms with Gasteiger partial charge in [-0.3, -0.25) is 0 Å². The summed E-state index contributed by atoms with van der Waals surface area (Å²) in [6.45, 7) is 4.87. The van der Waals surface area contributed by atoms with Crippen LogP contribution in [0.15, 0.2) is 27.2 Å². The van der Waals surface area contributed by atoms with Gasteiger partial charge in [-0.25, -0.2) is 0 Å². The first-order valence-electron chi connectivity index (χ1n) is 6.54. The molecule has 0 amide bonds. The summed E-state index contributed by atoms with van der Waals surface area (Å²) < 4.78 is 11.9. The molecule has 0 spiro atoms. The molecule has 0 fully saturated rings. The van der Waals surface area contributed by atoms with Crippen molar-refractivity contribution in [1.29, 1.82) is 0 Å². The molecule has 0 aliphatic heterocycles. The van der Waals surface area contributed by atoms with Gasteiger partial charge in [-0.15, -0.1) is 0 Å². The minimum atomic E-state index is 0.244. The van der Waals surface area contributed by atoms with Gasteiger partial charge in [0.15, 0.2) is 12.4 Å². The number of hydrogen-bond donors (Lipinski definition) is 1. The maximum absolute atomic E-state index is 5.75. The molecule has 0 bridgehead atoms. The zero-order chi connectivity index (χ0) is 14.5. The van der Waals surface area contributed by atoms with Crippen LogP contribution in [-0.2, 0) is 13.0 Å². The van der Waals surface area contributed by atoms with Gasteiger partial charge in [0, 0.05) is 10.4 Å². The van der Waals surface area contributed by atoms with Gasteiger partial charge in [0.2, 0.25) is 0 Å². The van der Waals surface area contributed by atoms with Gasteiger partial charge in [0.25, 0.3) is 5.89 Å². The Bertz CT molecular complexity index is 569. The summed E-state index contributed by atoms with van der Waals surface area (Å²) in [4.78, 5) is 4.28. The molecule has 0 aliphatic rings. The molecule has 1 aromatic carbocycles. The summed E-state index contributed by atoms with van der Waals surface area (Å²) in [5, 5.41) is 3.91. The molecule has 5 nitrogen and oxygen atoms in total. The van der Waals surface area contributed by atoms with Crippen LogP contribution in [0.25, 0.3) is 0 Å². The predicted octanol–water partition coefficient (Wildman–Crippen LogP) is 3.04. The van der Waals surface area contributed by atoms with E-state index in [-0.39, 0.29) is 12.5 Å². The van der Waals surface area contributed by atoms with Crippen LogP contribution in [0.4, 0.5) is 0 Å². The monoisotopic (exact) mass is 339 g/mol. The molecule has 0 radical (unpaired) electrons. The van der Waals surface area contributed by atoms with Crippen molar-refractivity contribution in [3.05, 3.63) is 40.0 Å². The lowest BCUT2D eigenvalue weighted by atomic mass is 10.1. The van der Waals surface area contributed by atoms with Crippen molar-refractivity contribution in [3.63, 3.8) is 0 Å². The second kappa shape index (κ2) is 6.85. The van der Waals surface area contributed by atoms with Gasteiger partial charge >= 0.3 is 0 Å². The number of hydrogen-bond acceptors (Lipinski definition) is 5. The molecule has 2 aromatic rings. The normalized spacial score (nSPS) is 11.1. The first-order valence-corrected chi connectivity index (χ1v) is 7.33. The quantitative estimate of drug-likeness (QED) is 0.875. The summed E-state index contributed by atoms with van der Waals surface area (Å²) >= 11 is 3.44. The number of nitrogens with zero attached hydrogens (tertiary/aromatic N) is 2. The second-order valence-electron chi connectivity index (χ2n) is 4.78. The van der Waals surface area contributed by atoms with Gasteiger partial charge in [-0.2, -0.15) is 4.98 Å². The van der Waals surface area contributed by atoms with Gasteiger partial charge in [-0.1, -0.05) is 34.9 Å². The predicted molar refractivity (Wildman–Crippen MR) is 79.6 cm³/mol. The third kappa shape index (κ3) is 3.80. The first kappa shape index (κ1) is 15.0. The van der Waals surface area contributed by atoms with Gasteiger partial charge in [0.1, 0.15) is 5.75 Å². The van der Waals surface area contributed by atoms with Crippen molar-refractivity contribution >= 4 is 15.9 Å². The second-order valence-corrected chi connectivity index (χ2v) is 5.70. The Hall–Kier alpha value is -1.40. The number of rotatable bonds is 6. The largest absolute Gasteiger partial charge is 0.483 e. The lowest BCUT2D eigenvalue weighted by molar-refractivity contribution is 0.240. The highest BCUT2D eigenvalue weighted by atomic mass is 79.9. The van der Waals surface area contributed by atoms with Crippen molar-refractivity contribution in [2.75, 3.05) is 6.54 Å². The summed E-state index contributed by atoms with van der Waals surface area (Å²) in [5.74, 6) is 2.22. The molecule has 2 N–H and O–H groups in total. The van der Waals surface area contributed by atoms with E-state index in [2.05, 4.69) is 26.1 Å². The first-order chi connectivity index (χ1) is 9.60. The molecule has 1 aromatic heterocycles. The molecule has 20 heavy (non-hydrogen) atoms. The van der Waals surface area contributed by atoms with E-state index in [1.807, 2.05) is 32.0 Å². The van der Waals surface area contributed by atoms with E-state index in [1.165, 1.54) is 0 Å². The fourth-order valence-electron chi connectivity index (χ4n) is 1.74. The molecule has 0 saturated heterocycles. The third-order valence-corrected chi connectivity index (χ3v) is 3.28. The topological polar surface area (TPSA) is 74.2 Å². The third-order valence-electron chi connectivity index (χ3n) is 2.79. The summed E-state index contributed by atoms with van der Waals surface area (Å²) in [7, 11) is 0. The van der Waals surface area contributed by atoms with Crippen LogP contribution in [0, 0.1) is 0 Å². The Labute approximate surface area is 126 Å². The molecule has 6 heteroatoms. The lowest BCUT2D eigenvalue weighted by Crippen LogP contribution is -2.05. The minimum Gasteiger partial charge on any atom is -0.483 e.